The second-order valence-corrected chi connectivity index (χ2v) is 6.17. The van der Waals surface area contributed by atoms with Crippen molar-refractivity contribution in [2.24, 2.45) is 7.05 Å². The van der Waals surface area contributed by atoms with Crippen LogP contribution in [-0.2, 0) is 11.9 Å². The fourth-order valence-corrected chi connectivity index (χ4v) is 2.70. The van der Waals surface area contributed by atoms with Crippen molar-refractivity contribution in [2.45, 2.75) is 12.5 Å². The highest BCUT2D eigenvalue weighted by Gasteiger charge is 2.31. The zero-order valence-corrected chi connectivity index (χ0v) is 15.1. The van der Waals surface area contributed by atoms with E-state index in [0.29, 0.717) is 17.2 Å². The molecule has 0 radical (unpaired) electrons. The van der Waals surface area contributed by atoms with Crippen LogP contribution in [0.5, 0.6) is 11.5 Å². The summed E-state index contributed by atoms with van der Waals surface area (Å²) in [6.45, 7) is 0. The third-order valence-corrected chi connectivity index (χ3v) is 4.00. The van der Waals surface area contributed by atoms with Crippen molar-refractivity contribution in [1.82, 2.24) is 20.2 Å². The molecule has 0 amide bonds. The van der Waals surface area contributed by atoms with Gasteiger partial charge in [-0.3, -0.25) is 14.5 Å². The Morgan fingerprint density at radius 3 is 2.45 bits per heavy atom. The zero-order chi connectivity index (χ0) is 20.4. The first kappa shape index (κ1) is 18.8. The molecule has 150 valence electrons. The van der Waals surface area contributed by atoms with E-state index in [4.69, 9.17) is 9.57 Å². The fourth-order valence-electron chi connectivity index (χ4n) is 2.70. The van der Waals surface area contributed by atoms with Crippen molar-refractivity contribution in [2.75, 3.05) is 0 Å². The third kappa shape index (κ3) is 4.66. The molecule has 2 aromatic heterocycles. The summed E-state index contributed by atoms with van der Waals surface area (Å²) in [5.74, 6) is 0.545. The van der Waals surface area contributed by atoms with Crippen LogP contribution in [0, 0.1) is 0 Å². The second kappa shape index (κ2) is 7.47. The van der Waals surface area contributed by atoms with Gasteiger partial charge in [-0.05, 0) is 29.8 Å². The highest BCUT2D eigenvalue weighted by Crippen LogP contribution is 2.29. The Bertz CT molecular complexity index is 1010. The number of nitrogens with zero attached hydrogens (tertiary/aromatic N) is 3. The molecule has 10 heteroatoms. The van der Waals surface area contributed by atoms with Crippen LogP contribution in [0.4, 0.5) is 13.2 Å². The molecular formula is C19H15F3N4O3. The van der Waals surface area contributed by atoms with Gasteiger partial charge in [0.15, 0.2) is 0 Å². The number of hydroxylamine groups is 1. The first-order chi connectivity index (χ1) is 13.9. The minimum Gasteiger partial charge on any atom is -0.438 e. The van der Waals surface area contributed by atoms with Gasteiger partial charge in [0.25, 0.3) is 0 Å². The normalized spacial score (nSPS) is 16.3. The highest BCUT2D eigenvalue weighted by molar-refractivity contribution is 5.57. The van der Waals surface area contributed by atoms with Gasteiger partial charge in [-0.2, -0.15) is 5.10 Å². The van der Waals surface area contributed by atoms with E-state index >= 15 is 0 Å². The van der Waals surface area contributed by atoms with Gasteiger partial charge < -0.3 is 9.47 Å². The topological polar surface area (TPSA) is 70.4 Å². The lowest BCUT2D eigenvalue weighted by Gasteiger charge is -2.11. The standard InChI is InChI=1S/C19H15F3N4O3/c1-26-11-13(9-24-26)16-7-6-15(10-23-16)27-18-8-17(29-25-18)12-2-4-14(5-3-12)28-19(20,21)22/h2-11,17,25H,1H3/t17-/m0/s1. The van der Waals surface area contributed by atoms with Crippen molar-refractivity contribution in [3.8, 4) is 22.8 Å². The van der Waals surface area contributed by atoms with Crippen molar-refractivity contribution in [3.05, 3.63) is 72.5 Å². The fraction of sp³-hybridized carbons (Fsp3) is 0.158. The monoisotopic (exact) mass is 404 g/mol. The van der Waals surface area contributed by atoms with Crippen LogP contribution in [-0.4, -0.2) is 21.1 Å². The summed E-state index contributed by atoms with van der Waals surface area (Å²) in [4.78, 5) is 9.74. The summed E-state index contributed by atoms with van der Waals surface area (Å²) >= 11 is 0. The summed E-state index contributed by atoms with van der Waals surface area (Å²) in [6, 6.07) is 8.97. The minimum absolute atomic E-state index is 0.299. The number of hydrogen-bond donors (Lipinski definition) is 1. The molecule has 3 aromatic rings. The van der Waals surface area contributed by atoms with Gasteiger partial charge in [-0.1, -0.05) is 12.1 Å². The van der Waals surface area contributed by atoms with Crippen molar-refractivity contribution < 1.29 is 27.5 Å². The van der Waals surface area contributed by atoms with E-state index < -0.39 is 12.5 Å². The average molecular weight is 404 g/mol. The summed E-state index contributed by atoms with van der Waals surface area (Å²) in [5.41, 5.74) is 4.92. The maximum absolute atomic E-state index is 12.2. The molecular weight excluding hydrogens is 389 g/mol. The SMILES string of the molecule is Cn1cc(-c2ccc(OC3=C[C@@H](c4ccc(OC(F)(F)F)cc4)ON3)cn2)cn1. The van der Waals surface area contributed by atoms with Crippen LogP contribution in [0.25, 0.3) is 11.3 Å². The van der Waals surface area contributed by atoms with E-state index in [2.05, 4.69) is 20.3 Å². The quantitative estimate of drug-likeness (QED) is 0.696. The van der Waals surface area contributed by atoms with Gasteiger partial charge >= 0.3 is 6.36 Å². The third-order valence-electron chi connectivity index (χ3n) is 4.00. The lowest BCUT2D eigenvalue weighted by Crippen LogP contribution is -2.17. The number of aromatic nitrogens is 3. The number of pyridine rings is 1. The van der Waals surface area contributed by atoms with Gasteiger partial charge in [0.1, 0.15) is 17.6 Å². The number of benzene rings is 1. The second-order valence-electron chi connectivity index (χ2n) is 6.17. The van der Waals surface area contributed by atoms with E-state index in [1.165, 1.54) is 24.3 Å². The van der Waals surface area contributed by atoms with Crippen molar-refractivity contribution in [3.63, 3.8) is 0 Å². The van der Waals surface area contributed by atoms with E-state index in [-0.39, 0.29) is 5.75 Å². The number of rotatable bonds is 5. The lowest BCUT2D eigenvalue weighted by atomic mass is 10.1. The smallest absolute Gasteiger partial charge is 0.438 e. The van der Waals surface area contributed by atoms with Crippen molar-refractivity contribution >= 4 is 0 Å². The summed E-state index contributed by atoms with van der Waals surface area (Å²) in [5, 5.41) is 4.10. The van der Waals surface area contributed by atoms with Gasteiger partial charge in [0.05, 0.1) is 18.1 Å². The summed E-state index contributed by atoms with van der Waals surface area (Å²) in [6.07, 6.45) is 1.55. The van der Waals surface area contributed by atoms with Crippen LogP contribution < -0.4 is 15.0 Å². The number of ether oxygens (including phenoxy) is 2. The molecule has 29 heavy (non-hydrogen) atoms. The first-order valence-corrected chi connectivity index (χ1v) is 8.48. The number of hydrogen-bond acceptors (Lipinski definition) is 6. The summed E-state index contributed by atoms with van der Waals surface area (Å²) < 4.78 is 47.9. The van der Waals surface area contributed by atoms with Crippen LogP contribution in [0.2, 0.25) is 0 Å². The maximum Gasteiger partial charge on any atom is 0.573 e. The molecule has 1 aromatic carbocycles. The van der Waals surface area contributed by atoms with E-state index in [9.17, 15) is 13.2 Å². The molecule has 7 nitrogen and oxygen atoms in total. The first-order valence-electron chi connectivity index (χ1n) is 8.48. The summed E-state index contributed by atoms with van der Waals surface area (Å²) in [7, 11) is 1.83. The molecule has 0 unspecified atom stereocenters. The molecule has 0 spiro atoms. The molecule has 0 fully saturated rings. The van der Waals surface area contributed by atoms with Gasteiger partial charge in [-0.25, -0.2) is 5.48 Å². The lowest BCUT2D eigenvalue weighted by molar-refractivity contribution is -0.274. The Balaban J connectivity index is 1.40. The highest BCUT2D eigenvalue weighted by atomic mass is 19.4. The number of aryl methyl sites for hydroxylation is 1. The Kier molecular flexibility index (Phi) is 4.85. The van der Waals surface area contributed by atoms with E-state index in [0.717, 1.165) is 11.3 Å². The van der Waals surface area contributed by atoms with Crippen molar-refractivity contribution in [1.29, 1.82) is 0 Å². The Hall–Kier alpha value is -3.53. The molecule has 0 saturated carbocycles. The zero-order valence-electron chi connectivity index (χ0n) is 15.1. The van der Waals surface area contributed by atoms with E-state index in [1.54, 1.807) is 35.3 Å². The number of nitrogens with one attached hydrogen (secondary N) is 1. The minimum atomic E-state index is -4.73. The molecule has 0 bridgehead atoms. The Morgan fingerprint density at radius 1 is 1.07 bits per heavy atom. The molecule has 1 N–H and O–H groups in total. The molecule has 0 saturated heterocycles. The molecule has 1 aliphatic heterocycles. The molecule has 1 aliphatic rings. The van der Waals surface area contributed by atoms with Crippen LogP contribution in [0.15, 0.2) is 66.9 Å². The molecule has 3 heterocycles. The predicted octanol–water partition coefficient (Wildman–Crippen LogP) is 3.88. The number of halogens is 3. The van der Waals surface area contributed by atoms with Crippen LogP contribution in [0.3, 0.4) is 0 Å². The number of alkyl halides is 3. The van der Waals surface area contributed by atoms with E-state index in [1.807, 2.05) is 13.2 Å². The van der Waals surface area contributed by atoms with Gasteiger partial charge in [-0.15, -0.1) is 13.2 Å². The molecule has 4 rings (SSSR count). The van der Waals surface area contributed by atoms with Crippen LogP contribution >= 0.6 is 0 Å². The Labute approximate surface area is 163 Å². The maximum atomic E-state index is 12.2. The predicted molar refractivity (Wildman–Crippen MR) is 95.2 cm³/mol. The molecule has 1 atom stereocenters. The Morgan fingerprint density at radius 2 is 1.83 bits per heavy atom. The average Bonchev–Trinajstić information content (AvgIpc) is 3.31. The van der Waals surface area contributed by atoms with Gasteiger partial charge in [0.2, 0.25) is 5.88 Å². The molecule has 0 aliphatic carbocycles. The van der Waals surface area contributed by atoms with Gasteiger partial charge in [0, 0.05) is 24.9 Å². The van der Waals surface area contributed by atoms with Crippen LogP contribution in [0.1, 0.15) is 11.7 Å². The largest absolute Gasteiger partial charge is 0.573 e.